The molecule has 0 aromatic heterocycles. The number of rotatable bonds is 8. The lowest BCUT2D eigenvalue weighted by Gasteiger charge is -2.18. The summed E-state index contributed by atoms with van der Waals surface area (Å²) >= 11 is 0. The number of unbranched alkanes of at least 4 members (excludes halogenated alkanes) is 1. The van der Waals surface area contributed by atoms with E-state index in [1.165, 1.54) is 0 Å². The molecule has 0 spiro atoms. The van der Waals surface area contributed by atoms with Crippen molar-refractivity contribution in [3.8, 4) is 5.75 Å². The van der Waals surface area contributed by atoms with Crippen LogP contribution >= 0.6 is 0 Å². The SMILES string of the molecule is CC(C)(CCCCOc1ccc(CO)cc1)C(=O)O. The van der Waals surface area contributed by atoms with Crippen LogP contribution in [0.15, 0.2) is 24.3 Å². The first-order valence-electron chi connectivity index (χ1n) is 6.52. The maximum absolute atomic E-state index is 10.9. The van der Waals surface area contributed by atoms with Gasteiger partial charge in [0.25, 0.3) is 0 Å². The molecule has 0 amide bonds. The van der Waals surface area contributed by atoms with Gasteiger partial charge in [-0.1, -0.05) is 12.1 Å². The number of benzene rings is 1. The zero-order chi connectivity index (χ0) is 14.3. The molecule has 106 valence electrons. The van der Waals surface area contributed by atoms with E-state index in [4.69, 9.17) is 14.9 Å². The highest BCUT2D eigenvalue weighted by molar-refractivity contribution is 5.73. The van der Waals surface area contributed by atoms with Crippen LogP contribution in [-0.4, -0.2) is 22.8 Å². The zero-order valence-corrected chi connectivity index (χ0v) is 11.6. The predicted molar refractivity (Wildman–Crippen MR) is 73.1 cm³/mol. The number of hydrogen-bond donors (Lipinski definition) is 2. The molecule has 0 saturated heterocycles. The minimum absolute atomic E-state index is 0.0323. The Morgan fingerprint density at radius 1 is 1.21 bits per heavy atom. The Hall–Kier alpha value is -1.55. The quantitative estimate of drug-likeness (QED) is 0.710. The highest BCUT2D eigenvalue weighted by atomic mass is 16.5. The fourth-order valence-electron chi connectivity index (χ4n) is 1.66. The molecule has 1 aromatic carbocycles. The van der Waals surface area contributed by atoms with Crippen LogP contribution < -0.4 is 4.74 Å². The fraction of sp³-hybridized carbons (Fsp3) is 0.533. The van der Waals surface area contributed by atoms with Crippen LogP contribution in [-0.2, 0) is 11.4 Å². The Bertz CT molecular complexity index is 395. The summed E-state index contributed by atoms with van der Waals surface area (Å²) in [6.45, 7) is 4.09. The maximum Gasteiger partial charge on any atom is 0.309 e. The fourth-order valence-corrected chi connectivity index (χ4v) is 1.66. The number of aliphatic hydroxyl groups excluding tert-OH is 1. The number of carboxylic acids is 1. The lowest BCUT2D eigenvalue weighted by Crippen LogP contribution is -2.23. The topological polar surface area (TPSA) is 66.8 Å². The average molecular weight is 266 g/mol. The second-order valence-corrected chi connectivity index (χ2v) is 5.30. The average Bonchev–Trinajstić information content (AvgIpc) is 2.38. The van der Waals surface area contributed by atoms with Gasteiger partial charge in [-0.25, -0.2) is 0 Å². The molecule has 2 N–H and O–H groups in total. The summed E-state index contributed by atoms with van der Waals surface area (Å²) in [7, 11) is 0. The van der Waals surface area contributed by atoms with E-state index in [0.717, 1.165) is 24.2 Å². The summed E-state index contributed by atoms with van der Waals surface area (Å²) in [6, 6.07) is 7.30. The van der Waals surface area contributed by atoms with Crippen molar-refractivity contribution >= 4 is 5.97 Å². The Balaban J connectivity index is 2.22. The summed E-state index contributed by atoms with van der Waals surface area (Å²) in [5.41, 5.74) is 0.193. The van der Waals surface area contributed by atoms with Gasteiger partial charge >= 0.3 is 5.97 Å². The molecule has 4 nitrogen and oxygen atoms in total. The van der Waals surface area contributed by atoms with Gasteiger partial charge in [0, 0.05) is 0 Å². The van der Waals surface area contributed by atoms with E-state index in [1.807, 2.05) is 24.3 Å². The first-order valence-corrected chi connectivity index (χ1v) is 6.52. The molecule has 0 bridgehead atoms. The van der Waals surface area contributed by atoms with Crippen molar-refractivity contribution in [1.29, 1.82) is 0 Å². The Morgan fingerprint density at radius 3 is 2.37 bits per heavy atom. The number of ether oxygens (including phenoxy) is 1. The van der Waals surface area contributed by atoms with Crippen molar-refractivity contribution in [1.82, 2.24) is 0 Å². The predicted octanol–water partition coefficient (Wildman–Crippen LogP) is 2.84. The molecule has 0 atom stereocenters. The lowest BCUT2D eigenvalue weighted by molar-refractivity contribution is -0.147. The van der Waals surface area contributed by atoms with E-state index in [9.17, 15) is 4.79 Å². The zero-order valence-electron chi connectivity index (χ0n) is 11.6. The minimum atomic E-state index is -0.756. The standard InChI is InChI=1S/C15H22O4/c1-15(2,14(17)18)9-3-4-10-19-13-7-5-12(11-16)6-8-13/h5-8,16H,3-4,9-11H2,1-2H3,(H,17,18). The van der Waals surface area contributed by atoms with Crippen molar-refractivity contribution in [2.24, 2.45) is 5.41 Å². The maximum atomic E-state index is 10.9. The van der Waals surface area contributed by atoms with Crippen LogP contribution in [0.5, 0.6) is 5.75 Å². The van der Waals surface area contributed by atoms with Crippen molar-refractivity contribution in [3.05, 3.63) is 29.8 Å². The third kappa shape index (κ3) is 5.30. The summed E-state index contributed by atoms with van der Waals surface area (Å²) in [5.74, 6) is 0.0164. The third-order valence-corrected chi connectivity index (χ3v) is 3.15. The number of carbonyl (C=O) groups is 1. The Kier molecular flexibility index (Phi) is 5.83. The van der Waals surface area contributed by atoms with Gasteiger partial charge in [0.1, 0.15) is 5.75 Å². The van der Waals surface area contributed by atoms with Crippen LogP contribution in [0.1, 0.15) is 38.7 Å². The molecule has 0 saturated carbocycles. The second-order valence-electron chi connectivity index (χ2n) is 5.30. The molecule has 1 aromatic rings. The molecule has 0 aliphatic rings. The molecule has 0 aliphatic heterocycles. The molecular formula is C15H22O4. The van der Waals surface area contributed by atoms with Crippen molar-refractivity contribution in [2.75, 3.05) is 6.61 Å². The summed E-state index contributed by atoms with van der Waals surface area (Å²) < 4.78 is 5.55. The highest BCUT2D eigenvalue weighted by Gasteiger charge is 2.25. The second kappa shape index (κ2) is 7.14. The van der Waals surface area contributed by atoms with E-state index in [-0.39, 0.29) is 6.61 Å². The number of hydrogen-bond acceptors (Lipinski definition) is 3. The van der Waals surface area contributed by atoms with E-state index in [0.29, 0.717) is 13.0 Å². The van der Waals surface area contributed by atoms with Crippen molar-refractivity contribution < 1.29 is 19.7 Å². The van der Waals surface area contributed by atoms with Gasteiger partial charge in [-0.15, -0.1) is 0 Å². The molecule has 0 aliphatic carbocycles. The third-order valence-electron chi connectivity index (χ3n) is 3.15. The van der Waals surface area contributed by atoms with E-state index >= 15 is 0 Å². The molecule has 0 heterocycles. The van der Waals surface area contributed by atoms with E-state index in [1.54, 1.807) is 13.8 Å². The van der Waals surface area contributed by atoms with Gasteiger partial charge in [-0.2, -0.15) is 0 Å². The van der Waals surface area contributed by atoms with Crippen LogP contribution in [0, 0.1) is 5.41 Å². The van der Waals surface area contributed by atoms with E-state index < -0.39 is 11.4 Å². The van der Waals surface area contributed by atoms with Gasteiger partial charge < -0.3 is 14.9 Å². The Labute approximate surface area is 114 Å². The van der Waals surface area contributed by atoms with E-state index in [2.05, 4.69) is 0 Å². The molecular weight excluding hydrogens is 244 g/mol. The van der Waals surface area contributed by atoms with Gasteiger partial charge in [-0.3, -0.25) is 4.79 Å². The first-order chi connectivity index (χ1) is 8.95. The van der Waals surface area contributed by atoms with Gasteiger partial charge in [0.05, 0.1) is 18.6 Å². The Morgan fingerprint density at radius 2 is 1.84 bits per heavy atom. The monoisotopic (exact) mass is 266 g/mol. The van der Waals surface area contributed by atoms with Crippen molar-refractivity contribution in [3.63, 3.8) is 0 Å². The van der Waals surface area contributed by atoms with Crippen LogP contribution in [0.25, 0.3) is 0 Å². The molecule has 0 radical (unpaired) electrons. The first kappa shape index (κ1) is 15.5. The lowest BCUT2D eigenvalue weighted by atomic mass is 9.87. The van der Waals surface area contributed by atoms with Crippen LogP contribution in [0.2, 0.25) is 0 Å². The number of aliphatic carboxylic acids is 1. The normalized spacial score (nSPS) is 11.3. The molecule has 0 unspecified atom stereocenters. The van der Waals surface area contributed by atoms with Gasteiger partial charge in [-0.05, 0) is 50.8 Å². The minimum Gasteiger partial charge on any atom is -0.494 e. The highest BCUT2D eigenvalue weighted by Crippen LogP contribution is 2.23. The number of aliphatic hydroxyl groups is 1. The van der Waals surface area contributed by atoms with Crippen LogP contribution in [0.4, 0.5) is 0 Å². The smallest absolute Gasteiger partial charge is 0.309 e. The number of carboxylic acid groups (broad SMARTS) is 1. The van der Waals surface area contributed by atoms with Crippen LogP contribution in [0.3, 0.4) is 0 Å². The molecule has 1 rings (SSSR count). The summed E-state index contributed by atoms with van der Waals surface area (Å²) in [4.78, 5) is 10.9. The van der Waals surface area contributed by atoms with Gasteiger partial charge in [0.15, 0.2) is 0 Å². The largest absolute Gasteiger partial charge is 0.494 e. The van der Waals surface area contributed by atoms with Gasteiger partial charge in [0.2, 0.25) is 0 Å². The molecule has 4 heteroatoms. The van der Waals surface area contributed by atoms with Crippen molar-refractivity contribution in [2.45, 2.75) is 39.7 Å². The molecule has 19 heavy (non-hydrogen) atoms. The summed E-state index contributed by atoms with van der Waals surface area (Å²) in [6.07, 6.45) is 2.31. The summed E-state index contributed by atoms with van der Waals surface area (Å²) in [5, 5.41) is 17.9. The molecule has 0 fully saturated rings.